The van der Waals surface area contributed by atoms with E-state index in [1.54, 1.807) is 0 Å². The van der Waals surface area contributed by atoms with Gasteiger partial charge in [-0.2, -0.15) is 0 Å². The first kappa shape index (κ1) is 21.7. The lowest BCUT2D eigenvalue weighted by atomic mass is 10.0. The molecular formula is C18H36O2Si2. The molecule has 0 aromatic heterocycles. The summed E-state index contributed by atoms with van der Waals surface area (Å²) >= 11 is 0. The van der Waals surface area contributed by atoms with Crippen molar-refractivity contribution < 1.29 is 10.2 Å². The molecule has 0 rings (SSSR count). The summed E-state index contributed by atoms with van der Waals surface area (Å²) in [5.41, 5.74) is 4.93. The van der Waals surface area contributed by atoms with E-state index in [4.69, 9.17) is 0 Å². The minimum Gasteiger partial charge on any atom is -0.386 e. The van der Waals surface area contributed by atoms with Crippen LogP contribution in [-0.4, -0.2) is 37.6 Å². The average molecular weight is 341 g/mol. The lowest BCUT2D eigenvalue weighted by molar-refractivity contribution is 0.0998. The lowest BCUT2D eigenvalue weighted by Gasteiger charge is -2.33. The maximum atomic E-state index is 10.7. The van der Waals surface area contributed by atoms with Crippen LogP contribution in [0, 0.1) is 0 Å². The van der Waals surface area contributed by atoms with Crippen molar-refractivity contribution in [2.75, 3.05) is 0 Å². The van der Waals surface area contributed by atoms with Gasteiger partial charge in [-0.15, -0.1) is 0 Å². The molecule has 0 aliphatic heterocycles. The van der Waals surface area contributed by atoms with Gasteiger partial charge in [0.1, 0.15) is 0 Å². The molecular weight excluding hydrogens is 304 g/mol. The van der Waals surface area contributed by atoms with Crippen molar-refractivity contribution in [3.05, 3.63) is 21.9 Å². The highest BCUT2D eigenvalue weighted by Gasteiger charge is 2.35. The van der Waals surface area contributed by atoms with Crippen LogP contribution < -0.4 is 0 Å². The summed E-state index contributed by atoms with van der Waals surface area (Å²) in [6.07, 6.45) is 1.32. The molecule has 0 fully saturated rings. The van der Waals surface area contributed by atoms with Crippen molar-refractivity contribution >= 4 is 16.1 Å². The summed E-state index contributed by atoms with van der Waals surface area (Å²) in [5.74, 6) is 0. The van der Waals surface area contributed by atoms with E-state index < -0.39 is 27.3 Å². The molecule has 0 heterocycles. The molecule has 0 radical (unpaired) electrons. The van der Waals surface area contributed by atoms with Gasteiger partial charge >= 0.3 is 0 Å². The Bertz CT molecular complexity index is 444. The Kier molecular flexibility index (Phi) is 6.93. The molecule has 0 aromatic carbocycles. The highest BCUT2D eigenvalue weighted by atomic mass is 28.3. The molecule has 4 heteroatoms. The number of rotatable bonds is 6. The molecule has 0 amide bonds. The Labute approximate surface area is 139 Å². The largest absolute Gasteiger partial charge is 0.386 e. The molecule has 0 bridgehead atoms. The van der Waals surface area contributed by atoms with Gasteiger partial charge in [-0.25, -0.2) is 0 Å². The Morgan fingerprint density at radius 1 is 0.727 bits per heavy atom. The Hall–Kier alpha value is -0.346. The summed E-state index contributed by atoms with van der Waals surface area (Å²) < 4.78 is 0. The van der Waals surface area contributed by atoms with E-state index in [2.05, 4.69) is 50.7 Å². The van der Waals surface area contributed by atoms with E-state index in [1.807, 2.05) is 27.7 Å². The van der Waals surface area contributed by atoms with Gasteiger partial charge in [0, 0.05) is 0 Å². The van der Waals surface area contributed by atoms with E-state index in [0.29, 0.717) is 12.8 Å². The summed E-state index contributed by atoms with van der Waals surface area (Å²) in [6, 6.07) is 0. The van der Waals surface area contributed by atoms with Crippen LogP contribution in [-0.2, 0) is 0 Å². The van der Waals surface area contributed by atoms with Crippen LogP contribution >= 0.6 is 0 Å². The molecule has 0 aromatic rings. The van der Waals surface area contributed by atoms with Crippen LogP contribution in [0.4, 0.5) is 0 Å². The Balaban J connectivity index is 6.68. The lowest BCUT2D eigenvalue weighted by Crippen LogP contribution is -2.40. The van der Waals surface area contributed by atoms with E-state index >= 15 is 0 Å². The fourth-order valence-corrected chi connectivity index (χ4v) is 7.20. The molecule has 22 heavy (non-hydrogen) atoms. The maximum Gasteiger partial charge on any atom is 0.0869 e. The third kappa shape index (κ3) is 5.69. The number of hydrogen-bond donors (Lipinski definition) is 2. The molecule has 128 valence electrons. The standard InChI is InChI=1S/C18H36O2Si2/c1-11-17(3,19)15(21(5,6)7)13-14-16(22(8,9)10)18(4,20)12-2/h19-20H,11-12H2,1-10H3. The normalized spacial score (nSPS) is 17.8. The predicted octanol–water partition coefficient (Wildman–Crippen LogP) is 4.67. The monoisotopic (exact) mass is 340 g/mol. The van der Waals surface area contributed by atoms with Crippen molar-refractivity contribution in [1.29, 1.82) is 0 Å². The number of aliphatic hydroxyl groups is 2. The Morgan fingerprint density at radius 2 is 0.955 bits per heavy atom. The molecule has 0 spiro atoms. The van der Waals surface area contributed by atoms with Gasteiger partial charge in [0.05, 0.1) is 27.3 Å². The zero-order chi connectivity index (χ0) is 18.0. The van der Waals surface area contributed by atoms with Crippen molar-refractivity contribution in [3.63, 3.8) is 0 Å². The number of hydrogen-bond acceptors (Lipinski definition) is 2. The summed E-state index contributed by atoms with van der Waals surface area (Å²) in [5, 5.41) is 23.4. The third-order valence-corrected chi connectivity index (χ3v) is 8.59. The quantitative estimate of drug-likeness (QED) is 0.545. The molecule has 2 unspecified atom stereocenters. The molecule has 0 aliphatic rings. The van der Waals surface area contributed by atoms with Gasteiger partial charge in [0.2, 0.25) is 0 Å². The first-order chi connectivity index (χ1) is 9.59. The topological polar surface area (TPSA) is 40.5 Å². The van der Waals surface area contributed by atoms with Crippen LogP contribution in [0.5, 0.6) is 0 Å². The van der Waals surface area contributed by atoms with Crippen LogP contribution in [0.25, 0.3) is 0 Å². The fourth-order valence-electron chi connectivity index (χ4n) is 2.74. The first-order valence-electron chi connectivity index (χ1n) is 8.32. The summed E-state index contributed by atoms with van der Waals surface area (Å²) in [4.78, 5) is 0. The molecule has 0 saturated carbocycles. The van der Waals surface area contributed by atoms with Crippen LogP contribution in [0.3, 0.4) is 0 Å². The van der Waals surface area contributed by atoms with E-state index in [1.165, 1.54) is 0 Å². The van der Waals surface area contributed by atoms with E-state index in [-0.39, 0.29) is 0 Å². The second kappa shape index (κ2) is 7.04. The zero-order valence-electron chi connectivity index (χ0n) is 16.3. The summed E-state index contributed by atoms with van der Waals surface area (Å²) in [7, 11) is -3.45. The molecule has 2 atom stereocenters. The van der Waals surface area contributed by atoms with Crippen LogP contribution in [0.15, 0.2) is 21.9 Å². The molecule has 2 nitrogen and oxygen atoms in total. The highest BCUT2D eigenvalue weighted by molar-refractivity contribution is 6.84. The molecule has 0 aliphatic carbocycles. The van der Waals surface area contributed by atoms with Crippen molar-refractivity contribution in [2.24, 2.45) is 0 Å². The second-order valence-corrected chi connectivity index (χ2v) is 18.8. The third-order valence-electron chi connectivity index (χ3n) is 4.27. The van der Waals surface area contributed by atoms with Crippen molar-refractivity contribution in [3.8, 4) is 0 Å². The minimum atomic E-state index is -1.72. The van der Waals surface area contributed by atoms with Gasteiger partial charge in [0.25, 0.3) is 0 Å². The maximum absolute atomic E-state index is 10.7. The zero-order valence-corrected chi connectivity index (χ0v) is 18.3. The second-order valence-electron chi connectivity index (χ2n) is 8.75. The first-order valence-corrected chi connectivity index (χ1v) is 15.3. The SMILES string of the molecule is CCC(C)(O)C(=C=C=C(C(C)(O)CC)[Si](C)(C)C)[Si](C)(C)C. The highest BCUT2D eigenvalue weighted by Crippen LogP contribution is 2.30. The van der Waals surface area contributed by atoms with E-state index in [9.17, 15) is 10.2 Å². The Morgan fingerprint density at radius 3 is 1.09 bits per heavy atom. The van der Waals surface area contributed by atoms with Gasteiger partial charge in [-0.1, -0.05) is 64.6 Å². The van der Waals surface area contributed by atoms with Crippen LogP contribution in [0.1, 0.15) is 40.5 Å². The molecule has 2 N–H and O–H groups in total. The van der Waals surface area contributed by atoms with Gasteiger partial charge < -0.3 is 10.2 Å². The van der Waals surface area contributed by atoms with Crippen LogP contribution in [0.2, 0.25) is 39.3 Å². The smallest absolute Gasteiger partial charge is 0.0869 e. The van der Waals surface area contributed by atoms with E-state index in [0.717, 1.165) is 10.4 Å². The fraction of sp³-hybridized carbons (Fsp3) is 0.778. The molecule has 0 saturated heterocycles. The minimum absolute atomic E-state index is 0.660. The van der Waals surface area contributed by atoms with Crippen molar-refractivity contribution in [1.82, 2.24) is 0 Å². The van der Waals surface area contributed by atoms with Gasteiger partial charge in [0.15, 0.2) is 0 Å². The average Bonchev–Trinajstić information content (AvgIpc) is 2.30. The van der Waals surface area contributed by atoms with Gasteiger partial charge in [-0.05, 0) is 37.1 Å². The van der Waals surface area contributed by atoms with Gasteiger partial charge in [-0.3, -0.25) is 0 Å². The summed E-state index contributed by atoms with van der Waals surface area (Å²) in [6.45, 7) is 21.0. The van der Waals surface area contributed by atoms with Crippen molar-refractivity contribution in [2.45, 2.75) is 91.0 Å². The predicted molar refractivity (Wildman–Crippen MR) is 103 cm³/mol.